The van der Waals surface area contributed by atoms with E-state index in [9.17, 15) is 18.0 Å². The Balaban J connectivity index is 0.00000289. The average Bonchev–Trinajstić information content (AvgIpc) is 3.30. The van der Waals surface area contributed by atoms with E-state index < -0.39 is 6.36 Å². The summed E-state index contributed by atoms with van der Waals surface area (Å²) in [5.74, 6) is -0.553. The van der Waals surface area contributed by atoms with E-state index in [-0.39, 0.29) is 24.1 Å². The topological polar surface area (TPSA) is 61.5 Å². The summed E-state index contributed by atoms with van der Waals surface area (Å²) in [4.78, 5) is 24.5. The Morgan fingerprint density at radius 3 is 2.62 bits per heavy atom. The second kappa shape index (κ2) is 9.35. The molecular weight excluding hydrogens is 465 g/mol. The van der Waals surface area contributed by atoms with Gasteiger partial charge in [-0.1, -0.05) is 29.5 Å². The molecule has 0 bridgehead atoms. The Hall–Kier alpha value is -2.82. The number of carbonyl (C=O) groups is 1. The number of H-pyrrole nitrogens is 1. The molecule has 0 saturated carbocycles. The first-order chi connectivity index (χ1) is 14.7. The summed E-state index contributed by atoms with van der Waals surface area (Å²) in [6.07, 6.45) is -3.11. The van der Waals surface area contributed by atoms with Crippen LogP contribution in [0.15, 0.2) is 48.7 Å². The SMILES string of the molecule is CN(C)CCN(C(=O)c1c[nH]c2ccccc12)c1nc2ccc(OC(F)(F)F)cc2s1.Cl. The fourth-order valence-corrected chi connectivity index (χ4v) is 4.20. The first kappa shape index (κ1) is 23.8. The number of hydrogen-bond acceptors (Lipinski definition) is 5. The summed E-state index contributed by atoms with van der Waals surface area (Å²) in [6.45, 7) is 0.962. The summed E-state index contributed by atoms with van der Waals surface area (Å²) in [6, 6.07) is 11.4. The second-order valence-corrected chi connectivity index (χ2v) is 8.19. The van der Waals surface area contributed by atoms with E-state index >= 15 is 0 Å². The Morgan fingerprint density at radius 2 is 1.91 bits per heavy atom. The van der Waals surface area contributed by atoms with Gasteiger partial charge in [0, 0.05) is 36.3 Å². The maximum Gasteiger partial charge on any atom is 0.573 e. The number of aromatic nitrogens is 2. The minimum absolute atomic E-state index is 0. The molecule has 0 saturated heterocycles. The summed E-state index contributed by atoms with van der Waals surface area (Å²) < 4.78 is 42.1. The fraction of sp³-hybridized carbons (Fsp3) is 0.238. The van der Waals surface area contributed by atoms with Gasteiger partial charge in [0.05, 0.1) is 15.8 Å². The maximum absolute atomic E-state index is 13.4. The van der Waals surface area contributed by atoms with Crippen LogP contribution in [0.2, 0.25) is 0 Å². The van der Waals surface area contributed by atoms with E-state index in [1.165, 1.54) is 18.2 Å². The molecule has 2 aromatic heterocycles. The lowest BCUT2D eigenvalue weighted by Crippen LogP contribution is -2.36. The number of amides is 1. The molecule has 4 aromatic rings. The van der Waals surface area contributed by atoms with Crippen LogP contribution in [0.3, 0.4) is 0 Å². The van der Waals surface area contributed by atoms with E-state index in [0.717, 1.165) is 22.2 Å². The van der Waals surface area contributed by atoms with Crippen molar-refractivity contribution in [2.75, 3.05) is 32.1 Å². The second-order valence-electron chi connectivity index (χ2n) is 7.18. The van der Waals surface area contributed by atoms with Crippen molar-refractivity contribution in [2.24, 2.45) is 0 Å². The molecule has 4 rings (SSSR count). The number of nitrogens with one attached hydrogen (secondary N) is 1. The van der Waals surface area contributed by atoms with Gasteiger partial charge in [-0.3, -0.25) is 9.69 Å². The third-order valence-electron chi connectivity index (χ3n) is 4.65. The van der Waals surface area contributed by atoms with Gasteiger partial charge < -0.3 is 14.6 Å². The van der Waals surface area contributed by atoms with Crippen LogP contribution in [-0.4, -0.2) is 54.3 Å². The minimum Gasteiger partial charge on any atom is -0.406 e. The number of likely N-dealkylation sites (N-methyl/N-ethyl adjacent to an activating group) is 1. The molecule has 0 unspecified atom stereocenters. The van der Waals surface area contributed by atoms with Crippen molar-refractivity contribution in [1.29, 1.82) is 0 Å². The summed E-state index contributed by atoms with van der Waals surface area (Å²) >= 11 is 1.15. The van der Waals surface area contributed by atoms with Gasteiger partial charge in [0.25, 0.3) is 5.91 Å². The number of benzene rings is 2. The van der Waals surface area contributed by atoms with Crippen molar-refractivity contribution in [3.8, 4) is 5.75 Å². The number of carbonyl (C=O) groups excluding carboxylic acids is 1. The third kappa shape index (κ3) is 5.14. The predicted octanol–water partition coefficient (Wildman–Crippen LogP) is 5.31. The first-order valence-electron chi connectivity index (χ1n) is 9.40. The molecule has 170 valence electrons. The zero-order chi connectivity index (χ0) is 22.2. The van der Waals surface area contributed by atoms with Gasteiger partial charge in [0.15, 0.2) is 5.13 Å². The Morgan fingerprint density at radius 1 is 1.16 bits per heavy atom. The highest BCUT2D eigenvalue weighted by Crippen LogP contribution is 2.34. The molecule has 32 heavy (non-hydrogen) atoms. The van der Waals surface area contributed by atoms with E-state index in [4.69, 9.17) is 0 Å². The van der Waals surface area contributed by atoms with Gasteiger partial charge >= 0.3 is 6.36 Å². The lowest BCUT2D eigenvalue weighted by Gasteiger charge is -2.21. The van der Waals surface area contributed by atoms with Crippen molar-refractivity contribution >= 4 is 55.9 Å². The van der Waals surface area contributed by atoms with E-state index in [1.807, 2.05) is 43.3 Å². The monoisotopic (exact) mass is 484 g/mol. The van der Waals surface area contributed by atoms with Crippen molar-refractivity contribution in [2.45, 2.75) is 6.36 Å². The number of thiazole rings is 1. The van der Waals surface area contributed by atoms with Crippen LogP contribution in [-0.2, 0) is 0 Å². The number of para-hydroxylation sites is 1. The molecule has 6 nitrogen and oxygen atoms in total. The molecule has 0 fully saturated rings. The van der Waals surface area contributed by atoms with Crippen LogP contribution in [0.1, 0.15) is 10.4 Å². The third-order valence-corrected chi connectivity index (χ3v) is 5.69. The number of ether oxygens (including phenoxy) is 1. The van der Waals surface area contributed by atoms with Gasteiger partial charge in [-0.15, -0.1) is 25.6 Å². The van der Waals surface area contributed by atoms with Crippen LogP contribution in [0, 0.1) is 0 Å². The highest BCUT2D eigenvalue weighted by Gasteiger charge is 2.31. The average molecular weight is 485 g/mol. The molecule has 2 heterocycles. The number of hydrogen-bond donors (Lipinski definition) is 1. The van der Waals surface area contributed by atoms with Crippen LogP contribution in [0.5, 0.6) is 5.75 Å². The molecule has 0 aliphatic heterocycles. The summed E-state index contributed by atoms with van der Waals surface area (Å²) in [7, 11) is 3.79. The molecule has 1 amide bonds. The van der Waals surface area contributed by atoms with E-state index in [1.54, 1.807) is 11.1 Å². The number of rotatable bonds is 6. The van der Waals surface area contributed by atoms with Crippen LogP contribution < -0.4 is 9.64 Å². The van der Waals surface area contributed by atoms with E-state index in [0.29, 0.717) is 34.0 Å². The predicted molar refractivity (Wildman–Crippen MR) is 122 cm³/mol. The van der Waals surface area contributed by atoms with Gasteiger partial charge in [-0.2, -0.15) is 0 Å². The molecule has 0 aliphatic rings. The van der Waals surface area contributed by atoms with Gasteiger partial charge in [0.1, 0.15) is 5.75 Å². The lowest BCUT2D eigenvalue weighted by atomic mass is 10.1. The zero-order valence-corrected chi connectivity index (χ0v) is 18.8. The molecule has 0 aliphatic carbocycles. The highest BCUT2D eigenvalue weighted by molar-refractivity contribution is 7.22. The zero-order valence-electron chi connectivity index (χ0n) is 17.1. The largest absolute Gasteiger partial charge is 0.573 e. The molecule has 1 N–H and O–H groups in total. The Kier molecular flexibility index (Phi) is 6.97. The number of nitrogens with zero attached hydrogens (tertiary/aromatic N) is 3. The quantitative estimate of drug-likeness (QED) is 0.403. The lowest BCUT2D eigenvalue weighted by molar-refractivity contribution is -0.274. The number of fused-ring (bicyclic) bond motifs is 2. The highest BCUT2D eigenvalue weighted by atomic mass is 35.5. The number of anilines is 1. The van der Waals surface area contributed by atoms with Gasteiger partial charge in [0.2, 0.25) is 0 Å². The van der Waals surface area contributed by atoms with Crippen LogP contribution in [0.25, 0.3) is 21.1 Å². The number of halogens is 4. The molecular formula is C21H20ClF3N4O2S. The molecule has 2 aromatic carbocycles. The van der Waals surface area contributed by atoms with Gasteiger partial charge in [-0.25, -0.2) is 4.98 Å². The van der Waals surface area contributed by atoms with Crippen molar-refractivity contribution in [3.05, 3.63) is 54.2 Å². The maximum atomic E-state index is 13.4. The molecule has 0 spiro atoms. The molecule has 11 heteroatoms. The standard InChI is InChI=1S/C21H19F3N4O2S.ClH/c1-27(2)9-10-28(19(29)15-12-25-16-6-4-3-5-14(15)16)20-26-17-8-7-13(11-18(17)31-20)30-21(22,23)24;/h3-8,11-12,25H,9-10H2,1-2H3;1H. The molecule has 0 atom stereocenters. The minimum atomic E-state index is -4.77. The first-order valence-corrected chi connectivity index (χ1v) is 10.2. The van der Waals surface area contributed by atoms with Crippen LogP contribution in [0.4, 0.5) is 18.3 Å². The summed E-state index contributed by atoms with van der Waals surface area (Å²) in [5, 5.41) is 1.21. The van der Waals surface area contributed by atoms with Crippen LogP contribution >= 0.6 is 23.7 Å². The molecule has 0 radical (unpaired) electrons. The number of alkyl halides is 3. The number of aromatic amines is 1. The van der Waals surface area contributed by atoms with Crippen molar-refractivity contribution < 1.29 is 22.7 Å². The fourth-order valence-electron chi connectivity index (χ4n) is 3.18. The van der Waals surface area contributed by atoms with Crippen molar-refractivity contribution in [1.82, 2.24) is 14.9 Å². The smallest absolute Gasteiger partial charge is 0.406 e. The van der Waals surface area contributed by atoms with E-state index in [2.05, 4.69) is 14.7 Å². The Labute approximate surface area is 192 Å². The normalized spacial score (nSPS) is 11.7. The van der Waals surface area contributed by atoms with Gasteiger partial charge in [-0.05, 0) is 32.3 Å². The Bertz CT molecular complexity index is 1240. The van der Waals surface area contributed by atoms with Crippen molar-refractivity contribution in [3.63, 3.8) is 0 Å². The summed E-state index contributed by atoms with van der Waals surface area (Å²) in [5.41, 5.74) is 1.85.